The van der Waals surface area contributed by atoms with Gasteiger partial charge in [0, 0.05) is 12.6 Å². The highest BCUT2D eigenvalue weighted by Gasteiger charge is 2.22. The van der Waals surface area contributed by atoms with E-state index in [1.165, 1.54) is 11.1 Å². The zero-order valence-electron chi connectivity index (χ0n) is 10.8. The van der Waals surface area contributed by atoms with Gasteiger partial charge in [0.25, 0.3) is 0 Å². The van der Waals surface area contributed by atoms with Crippen molar-refractivity contribution in [1.29, 1.82) is 0 Å². The Morgan fingerprint density at radius 2 is 2.28 bits per heavy atom. The molecule has 1 aliphatic rings. The van der Waals surface area contributed by atoms with Crippen molar-refractivity contribution in [3.63, 3.8) is 0 Å². The van der Waals surface area contributed by atoms with Crippen LogP contribution in [0.1, 0.15) is 31.4 Å². The van der Waals surface area contributed by atoms with Gasteiger partial charge in [-0.15, -0.1) is 0 Å². The summed E-state index contributed by atoms with van der Waals surface area (Å²) in [6, 6.07) is 6.92. The number of hydrogen-bond donors (Lipinski definition) is 1. The Morgan fingerprint density at radius 3 is 3.06 bits per heavy atom. The first-order valence-electron chi connectivity index (χ1n) is 6.47. The molecule has 0 radical (unpaired) electrons. The van der Waals surface area contributed by atoms with E-state index in [9.17, 15) is 0 Å². The van der Waals surface area contributed by atoms with Crippen molar-refractivity contribution in [1.82, 2.24) is 9.55 Å². The summed E-state index contributed by atoms with van der Waals surface area (Å²) in [5, 5.41) is 0. The van der Waals surface area contributed by atoms with E-state index in [0.717, 1.165) is 29.7 Å². The van der Waals surface area contributed by atoms with E-state index in [-0.39, 0.29) is 0 Å². The standard InChI is InChI=1S/C14H18N2OS/c1-9-3-4-13-12(7-9)15-14(18)16(13)11-5-6-17-10(2)8-11/h3-4,7,10-11H,5-6,8H2,1-2H3,(H,15,18). The average molecular weight is 262 g/mol. The lowest BCUT2D eigenvalue weighted by atomic mass is 10.0. The molecule has 96 valence electrons. The minimum absolute atomic E-state index is 0.320. The van der Waals surface area contributed by atoms with Crippen molar-refractivity contribution in [2.24, 2.45) is 0 Å². The van der Waals surface area contributed by atoms with Crippen molar-refractivity contribution >= 4 is 23.3 Å². The highest BCUT2D eigenvalue weighted by atomic mass is 32.1. The number of aromatic nitrogens is 2. The van der Waals surface area contributed by atoms with Gasteiger partial charge in [-0.3, -0.25) is 0 Å². The predicted octanol–water partition coefficient (Wildman–Crippen LogP) is 3.75. The van der Waals surface area contributed by atoms with Crippen LogP contribution in [0.25, 0.3) is 11.0 Å². The topological polar surface area (TPSA) is 29.9 Å². The van der Waals surface area contributed by atoms with E-state index < -0.39 is 0 Å². The van der Waals surface area contributed by atoms with Crippen LogP contribution >= 0.6 is 12.2 Å². The molecule has 0 spiro atoms. The van der Waals surface area contributed by atoms with Gasteiger partial charge in [-0.1, -0.05) is 6.07 Å². The second-order valence-corrected chi connectivity index (χ2v) is 5.57. The largest absolute Gasteiger partial charge is 0.378 e. The molecule has 0 amide bonds. The summed E-state index contributed by atoms with van der Waals surface area (Å²) in [4.78, 5) is 3.32. The molecule has 2 atom stereocenters. The van der Waals surface area contributed by atoms with Gasteiger partial charge in [-0.25, -0.2) is 0 Å². The van der Waals surface area contributed by atoms with E-state index in [4.69, 9.17) is 17.0 Å². The normalized spacial score (nSPS) is 24.6. The summed E-state index contributed by atoms with van der Waals surface area (Å²) in [5.41, 5.74) is 3.61. The average Bonchev–Trinajstić information content (AvgIpc) is 2.64. The minimum Gasteiger partial charge on any atom is -0.378 e. The smallest absolute Gasteiger partial charge is 0.178 e. The zero-order chi connectivity index (χ0) is 12.7. The molecule has 1 aliphatic heterocycles. The molecule has 0 aliphatic carbocycles. The molecule has 4 heteroatoms. The van der Waals surface area contributed by atoms with Gasteiger partial charge in [0.1, 0.15) is 0 Å². The van der Waals surface area contributed by atoms with Crippen LogP contribution in [0.15, 0.2) is 18.2 Å². The molecular weight excluding hydrogens is 244 g/mol. The number of ether oxygens (including phenoxy) is 1. The molecule has 2 aromatic rings. The number of nitrogens with zero attached hydrogens (tertiary/aromatic N) is 1. The van der Waals surface area contributed by atoms with Crippen molar-refractivity contribution in [3.8, 4) is 0 Å². The molecule has 1 aromatic carbocycles. The van der Waals surface area contributed by atoms with Crippen LogP contribution in [0.2, 0.25) is 0 Å². The Hall–Kier alpha value is -1.13. The van der Waals surface area contributed by atoms with Crippen LogP contribution in [0.5, 0.6) is 0 Å². The molecule has 3 nitrogen and oxygen atoms in total. The number of aromatic amines is 1. The molecule has 0 bridgehead atoms. The third kappa shape index (κ3) is 1.99. The van der Waals surface area contributed by atoms with Gasteiger partial charge in [-0.2, -0.15) is 0 Å². The maximum absolute atomic E-state index is 5.62. The van der Waals surface area contributed by atoms with E-state index in [1.54, 1.807) is 0 Å². The third-order valence-electron chi connectivity index (χ3n) is 3.69. The molecule has 18 heavy (non-hydrogen) atoms. The Morgan fingerprint density at radius 1 is 1.44 bits per heavy atom. The lowest BCUT2D eigenvalue weighted by molar-refractivity contribution is 0.00647. The highest BCUT2D eigenvalue weighted by molar-refractivity contribution is 7.71. The Bertz CT molecular complexity index is 628. The predicted molar refractivity (Wildman–Crippen MR) is 75.5 cm³/mol. The van der Waals surface area contributed by atoms with Crippen LogP contribution in [0.4, 0.5) is 0 Å². The molecule has 1 fully saturated rings. The van der Waals surface area contributed by atoms with Gasteiger partial charge >= 0.3 is 0 Å². The van der Waals surface area contributed by atoms with Crippen LogP contribution in [-0.2, 0) is 4.74 Å². The van der Waals surface area contributed by atoms with Gasteiger partial charge in [-0.05, 0) is 56.6 Å². The molecule has 1 saturated heterocycles. The summed E-state index contributed by atoms with van der Waals surface area (Å²) in [6.45, 7) is 5.06. The van der Waals surface area contributed by atoms with E-state index >= 15 is 0 Å². The monoisotopic (exact) mass is 262 g/mol. The Labute approximate surface area is 112 Å². The lowest BCUT2D eigenvalue weighted by Gasteiger charge is -2.28. The van der Waals surface area contributed by atoms with Crippen molar-refractivity contribution in [2.45, 2.75) is 38.8 Å². The highest BCUT2D eigenvalue weighted by Crippen LogP contribution is 2.29. The fourth-order valence-electron chi connectivity index (χ4n) is 2.82. The number of fused-ring (bicyclic) bond motifs is 1. The molecule has 2 heterocycles. The van der Waals surface area contributed by atoms with Gasteiger partial charge in [0.2, 0.25) is 0 Å². The van der Waals surface area contributed by atoms with Crippen LogP contribution in [0, 0.1) is 11.7 Å². The summed E-state index contributed by atoms with van der Waals surface area (Å²) in [7, 11) is 0. The van der Waals surface area contributed by atoms with Crippen molar-refractivity contribution in [3.05, 3.63) is 28.5 Å². The van der Waals surface area contributed by atoms with E-state index in [2.05, 4.69) is 41.6 Å². The lowest BCUT2D eigenvalue weighted by Crippen LogP contribution is -2.25. The molecule has 1 aromatic heterocycles. The number of hydrogen-bond acceptors (Lipinski definition) is 2. The van der Waals surface area contributed by atoms with Crippen LogP contribution in [0.3, 0.4) is 0 Å². The number of imidazole rings is 1. The first-order valence-corrected chi connectivity index (χ1v) is 6.88. The van der Waals surface area contributed by atoms with Crippen molar-refractivity contribution in [2.75, 3.05) is 6.61 Å². The number of benzene rings is 1. The molecule has 0 saturated carbocycles. The fraction of sp³-hybridized carbons (Fsp3) is 0.500. The second-order valence-electron chi connectivity index (χ2n) is 5.18. The maximum Gasteiger partial charge on any atom is 0.178 e. The molecule has 2 unspecified atom stereocenters. The summed E-state index contributed by atoms with van der Waals surface area (Å²) < 4.78 is 8.72. The first-order chi connectivity index (χ1) is 8.65. The van der Waals surface area contributed by atoms with Crippen LogP contribution in [-0.4, -0.2) is 22.3 Å². The van der Waals surface area contributed by atoms with E-state index in [0.29, 0.717) is 12.1 Å². The van der Waals surface area contributed by atoms with Gasteiger partial charge < -0.3 is 14.3 Å². The number of nitrogens with one attached hydrogen (secondary N) is 1. The summed E-state index contributed by atoms with van der Waals surface area (Å²) in [6.07, 6.45) is 2.40. The quantitative estimate of drug-likeness (QED) is 0.793. The fourth-order valence-corrected chi connectivity index (χ4v) is 3.17. The molecular formula is C14H18N2OS. The van der Waals surface area contributed by atoms with Gasteiger partial charge in [0.15, 0.2) is 4.77 Å². The second kappa shape index (κ2) is 4.52. The zero-order valence-corrected chi connectivity index (χ0v) is 11.6. The minimum atomic E-state index is 0.320. The number of H-pyrrole nitrogens is 1. The first kappa shape index (κ1) is 11.9. The third-order valence-corrected chi connectivity index (χ3v) is 3.99. The Balaban J connectivity index is 2.10. The summed E-state index contributed by atoms with van der Waals surface area (Å²) in [5.74, 6) is 0. The Kier molecular flexibility index (Phi) is 2.99. The molecule has 1 N–H and O–H groups in total. The van der Waals surface area contributed by atoms with E-state index in [1.807, 2.05) is 0 Å². The molecule has 3 rings (SSSR count). The summed E-state index contributed by atoms with van der Waals surface area (Å²) >= 11 is 5.48. The number of rotatable bonds is 1. The van der Waals surface area contributed by atoms with Gasteiger partial charge in [0.05, 0.1) is 17.1 Å². The number of aryl methyl sites for hydroxylation is 1. The van der Waals surface area contributed by atoms with Crippen LogP contribution < -0.4 is 0 Å². The maximum atomic E-state index is 5.62. The SMILES string of the molecule is Cc1ccc2c(c1)[nH]c(=S)n2C1CCOC(C)C1. The van der Waals surface area contributed by atoms with Crippen molar-refractivity contribution < 1.29 is 4.74 Å².